The highest BCUT2D eigenvalue weighted by atomic mass is 32.1. The van der Waals surface area contributed by atoms with Crippen LogP contribution in [0.2, 0.25) is 0 Å². The first-order chi connectivity index (χ1) is 9.58. The number of aromatic nitrogens is 2. The second-order valence-corrected chi connectivity index (χ2v) is 6.26. The molecule has 3 nitrogen and oxygen atoms in total. The van der Waals surface area contributed by atoms with Crippen molar-refractivity contribution >= 4 is 28.1 Å². The van der Waals surface area contributed by atoms with Crippen LogP contribution in [0.5, 0.6) is 0 Å². The summed E-state index contributed by atoms with van der Waals surface area (Å²) in [5, 5.41) is 4.33. The van der Waals surface area contributed by atoms with E-state index in [9.17, 15) is 0 Å². The van der Waals surface area contributed by atoms with Crippen LogP contribution in [0, 0.1) is 0 Å². The Morgan fingerprint density at radius 2 is 2.00 bits per heavy atom. The van der Waals surface area contributed by atoms with Crippen molar-refractivity contribution in [2.45, 2.75) is 32.7 Å². The molecular formula is C16H19N3S. The standard InChI is InChI=1S/C16H19N3S/c1-10(2)16-18-14-8-13(17)4-5-15(14)19(16)11(3)12-6-7-20-9-12/h4-11H,17H2,1-3H3. The summed E-state index contributed by atoms with van der Waals surface area (Å²) < 4.78 is 2.33. The number of nitrogens with zero attached hydrogens (tertiary/aromatic N) is 2. The third kappa shape index (κ3) is 2.10. The summed E-state index contributed by atoms with van der Waals surface area (Å²) in [6.45, 7) is 6.59. The summed E-state index contributed by atoms with van der Waals surface area (Å²) in [7, 11) is 0. The van der Waals surface area contributed by atoms with Gasteiger partial charge in [-0.2, -0.15) is 11.3 Å². The van der Waals surface area contributed by atoms with Gasteiger partial charge in [0.15, 0.2) is 0 Å². The molecule has 0 aliphatic rings. The van der Waals surface area contributed by atoms with E-state index in [0.29, 0.717) is 5.92 Å². The first-order valence-corrected chi connectivity index (χ1v) is 7.81. The van der Waals surface area contributed by atoms with Crippen molar-refractivity contribution in [3.63, 3.8) is 0 Å². The Morgan fingerprint density at radius 3 is 2.65 bits per heavy atom. The summed E-state index contributed by atoms with van der Waals surface area (Å²) in [6.07, 6.45) is 0. The van der Waals surface area contributed by atoms with Gasteiger partial charge in [0.05, 0.1) is 17.1 Å². The van der Waals surface area contributed by atoms with E-state index in [1.54, 1.807) is 11.3 Å². The van der Waals surface area contributed by atoms with E-state index < -0.39 is 0 Å². The molecule has 0 bridgehead atoms. The zero-order chi connectivity index (χ0) is 14.3. The Labute approximate surface area is 123 Å². The van der Waals surface area contributed by atoms with Gasteiger partial charge in [0.25, 0.3) is 0 Å². The third-order valence-electron chi connectivity index (χ3n) is 3.67. The molecule has 1 atom stereocenters. The molecule has 1 aromatic carbocycles. The van der Waals surface area contributed by atoms with Crippen LogP contribution in [0.1, 0.15) is 44.1 Å². The van der Waals surface area contributed by atoms with Crippen LogP contribution in [0.4, 0.5) is 5.69 Å². The van der Waals surface area contributed by atoms with Crippen molar-refractivity contribution in [3.8, 4) is 0 Å². The van der Waals surface area contributed by atoms with Crippen LogP contribution in [0.3, 0.4) is 0 Å². The topological polar surface area (TPSA) is 43.8 Å². The van der Waals surface area contributed by atoms with Crippen molar-refractivity contribution in [1.29, 1.82) is 0 Å². The minimum absolute atomic E-state index is 0.285. The molecule has 2 N–H and O–H groups in total. The highest BCUT2D eigenvalue weighted by Gasteiger charge is 2.19. The maximum Gasteiger partial charge on any atom is 0.113 e. The van der Waals surface area contributed by atoms with E-state index in [0.717, 1.165) is 22.5 Å². The first kappa shape index (κ1) is 13.2. The van der Waals surface area contributed by atoms with Gasteiger partial charge in [-0.25, -0.2) is 4.98 Å². The van der Waals surface area contributed by atoms with Gasteiger partial charge in [0, 0.05) is 11.6 Å². The molecule has 0 saturated heterocycles. The molecule has 0 aliphatic heterocycles. The van der Waals surface area contributed by atoms with Crippen LogP contribution in [0.25, 0.3) is 11.0 Å². The van der Waals surface area contributed by atoms with Gasteiger partial charge >= 0.3 is 0 Å². The second kappa shape index (κ2) is 4.94. The summed E-state index contributed by atoms with van der Waals surface area (Å²) in [4.78, 5) is 4.79. The minimum atomic E-state index is 0.285. The number of hydrogen-bond acceptors (Lipinski definition) is 3. The number of imidazole rings is 1. The molecule has 1 unspecified atom stereocenters. The summed E-state index contributed by atoms with van der Waals surface area (Å²) >= 11 is 1.73. The molecule has 3 aromatic rings. The van der Waals surface area contributed by atoms with E-state index in [-0.39, 0.29) is 6.04 Å². The van der Waals surface area contributed by atoms with Crippen molar-refractivity contribution in [2.75, 3.05) is 5.73 Å². The lowest BCUT2D eigenvalue weighted by atomic mass is 10.1. The quantitative estimate of drug-likeness (QED) is 0.724. The number of benzene rings is 1. The van der Waals surface area contributed by atoms with Crippen LogP contribution >= 0.6 is 11.3 Å². The van der Waals surface area contributed by atoms with Gasteiger partial charge in [0.2, 0.25) is 0 Å². The smallest absolute Gasteiger partial charge is 0.113 e. The first-order valence-electron chi connectivity index (χ1n) is 6.87. The van der Waals surface area contributed by atoms with Crippen molar-refractivity contribution < 1.29 is 0 Å². The molecule has 0 radical (unpaired) electrons. The van der Waals surface area contributed by atoms with Crippen LogP contribution in [-0.4, -0.2) is 9.55 Å². The Kier molecular flexibility index (Phi) is 3.26. The molecule has 3 rings (SSSR count). The van der Waals surface area contributed by atoms with E-state index in [1.165, 1.54) is 5.56 Å². The van der Waals surface area contributed by atoms with E-state index in [2.05, 4.69) is 48.2 Å². The fourth-order valence-corrected chi connectivity index (χ4v) is 3.36. The van der Waals surface area contributed by atoms with Crippen molar-refractivity contribution in [1.82, 2.24) is 9.55 Å². The highest BCUT2D eigenvalue weighted by Crippen LogP contribution is 2.31. The average Bonchev–Trinajstić information content (AvgIpc) is 3.04. The van der Waals surface area contributed by atoms with Gasteiger partial charge in [0.1, 0.15) is 5.82 Å². The highest BCUT2D eigenvalue weighted by molar-refractivity contribution is 7.07. The molecule has 0 aliphatic carbocycles. The summed E-state index contributed by atoms with van der Waals surface area (Å²) in [6, 6.07) is 8.45. The van der Waals surface area contributed by atoms with Crippen molar-refractivity contribution in [2.24, 2.45) is 0 Å². The minimum Gasteiger partial charge on any atom is -0.399 e. The molecule has 104 valence electrons. The van der Waals surface area contributed by atoms with E-state index in [4.69, 9.17) is 10.7 Å². The number of nitrogens with two attached hydrogens (primary N) is 1. The molecule has 0 amide bonds. The zero-order valence-electron chi connectivity index (χ0n) is 12.0. The predicted octanol–water partition coefficient (Wildman–Crippen LogP) is 4.41. The fourth-order valence-electron chi connectivity index (χ4n) is 2.61. The Hall–Kier alpha value is -1.81. The SMILES string of the molecule is CC(C)c1nc2cc(N)ccc2n1C(C)c1ccsc1. The van der Waals surface area contributed by atoms with Gasteiger partial charge in [-0.3, -0.25) is 0 Å². The molecule has 0 saturated carbocycles. The Balaban J connectivity index is 2.24. The van der Waals surface area contributed by atoms with Crippen LogP contribution in [-0.2, 0) is 0 Å². The van der Waals surface area contributed by atoms with Crippen LogP contribution < -0.4 is 5.73 Å². The van der Waals surface area contributed by atoms with Gasteiger partial charge < -0.3 is 10.3 Å². The third-order valence-corrected chi connectivity index (χ3v) is 4.37. The van der Waals surface area contributed by atoms with Gasteiger partial charge in [-0.05, 0) is 47.5 Å². The molecule has 0 fully saturated rings. The number of nitrogen functional groups attached to an aromatic ring is 1. The van der Waals surface area contributed by atoms with Gasteiger partial charge in [-0.15, -0.1) is 0 Å². The summed E-state index contributed by atoms with van der Waals surface area (Å²) in [5.74, 6) is 1.49. The maximum atomic E-state index is 5.88. The lowest BCUT2D eigenvalue weighted by molar-refractivity contribution is 0.595. The monoisotopic (exact) mass is 285 g/mol. The summed E-state index contributed by atoms with van der Waals surface area (Å²) in [5.41, 5.74) is 10.1. The molecule has 2 aromatic heterocycles. The molecule has 2 heterocycles. The average molecular weight is 285 g/mol. The number of anilines is 1. The largest absolute Gasteiger partial charge is 0.399 e. The molecular weight excluding hydrogens is 266 g/mol. The van der Waals surface area contributed by atoms with Crippen LogP contribution in [0.15, 0.2) is 35.0 Å². The second-order valence-electron chi connectivity index (χ2n) is 5.48. The van der Waals surface area contributed by atoms with Gasteiger partial charge in [-0.1, -0.05) is 13.8 Å². The number of hydrogen-bond donors (Lipinski definition) is 1. The number of rotatable bonds is 3. The van der Waals surface area contributed by atoms with E-state index in [1.807, 2.05) is 12.1 Å². The lowest BCUT2D eigenvalue weighted by Crippen LogP contribution is -2.11. The Morgan fingerprint density at radius 1 is 1.20 bits per heavy atom. The Bertz CT molecular complexity index is 726. The normalized spacial score (nSPS) is 13.2. The zero-order valence-corrected chi connectivity index (χ0v) is 12.8. The number of thiophene rings is 1. The predicted molar refractivity (Wildman–Crippen MR) is 86.4 cm³/mol. The fraction of sp³-hybridized carbons (Fsp3) is 0.312. The molecule has 20 heavy (non-hydrogen) atoms. The van der Waals surface area contributed by atoms with E-state index >= 15 is 0 Å². The molecule has 4 heteroatoms. The van der Waals surface area contributed by atoms with Crippen molar-refractivity contribution in [3.05, 3.63) is 46.4 Å². The molecule has 0 spiro atoms. The maximum absolute atomic E-state index is 5.88. The number of fused-ring (bicyclic) bond motifs is 1. The lowest BCUT2D eigenvalue weighted by Gasteiger charge is -2.18.